The number of carbonyl (C=O) groups is 2. The minimum Gasteiger partial charge on any atom is -0.458 e. The smallest absolute Gasteiger partial charge is 0.410 e. The van der Waals surface area contributed by atoms with Gasteiger partial charge in [-0.1, -0.05) is 6.92 Å². The summed E-state index contributed by atoms with van der Waals surface area (Å²) in [6.07, 6.45) is 0.104. The Labute approximate surface area is 120 Å². The SMILES string of the molecule is CCOC(=O)SC(C)CC(C)OC(=O)N(CC)CC. The van der Waals surface area contributed by atoms with Crippen LogP contribution < -0.4 is 0 Å². The Hall–Kier alpha value is -0.910. The van der Waals surface area contributed by atoms with Crippen LogP contribution in [0.5, 0.6) is 0 Å². The monoisotopic (exact) mass is 291 g/mol. The number of hydrogen-bond donors (Lipinski definition) is 0. The zero-order chi connectivity index (χ0) is 14.8. The topological polar surface area (TPSA) is 55.8 Å². The van der Waals surface area contributed by atoms with E-state index in [-0.39, 0.29) is 22.7 Å². The molecule has 112 valence electrons. The van der Waals surface area contributed by atoms with Crippen molar-refractivity contribution in [1.29, 1.82) is 0 Å². The first-order chi connectivity index (χ1) is 8.94. The third kappa shape index (κ3) is 7.97. The number of hydrogen-bond acceptors (Lipinski definition) is 5. The van der Waals surface area contributed by atoms with Crippen LogP contribution in [0.2, 0.25) is 0 Å². The molecule has 0 aromatic rings. The van der Waals surface area contributed by atoms with E-state index in [1.54, 1.807) is 11.8 Å². The zero-order valence-electron chi connectivity index (χ0n) is 12.5. The van der Waals surface area contributed by atoms with Crippen LogP contribution in [0.4, 0.5) is 9.59 Å². The predicted octanol–water partition coefficient (Wildman–Crippen LogP) is 3.52. The Morgan fingerprint density at radius 3 is 2.21 bits per heavy atom. The molecule has 2 atom stereocenters. The van der Waals surface area contributed by atoms with Crippen LogP contribution >= 0.6 is 11.8 Å². The van der Waals surface area contributed by atoms with Crippen LogP contribution in [0.25, 0.3) is 0 Å². The third-order valence-corrected chi connectivity index (χ3v) is 3.45. The summed E-state index contributed by atoms with van der Waals surface area (Å²) < 4.78 is 10.2. The van der Waals surface area contributed by atoms with Gasteiger partial charge in [0, 0.05) is 18.3 Å². The number of carbonyl (C=O) groups excluding carboxylic acids is 2. The fourth-order valence-electron chi connectivity index (χ4n) is 1.61. The Morgan fingerprint density at radius 1 is 1.16 bits per heavy atom. The number of nitrogens with zero attached hydrogens (tertiary/aromatic N) is 1. The maximum absolute atomic E-state index is 11.7. The summed E-state index contributed by atoms with van der Waals surface area (Å²) in [5, 5.41) is -0.226. The molecule has 5 nitrogen and oxygen atoms in total. The maximum Gasteiger partial charge on any atom is 0.410 e. The van der Waals surface area contributed by atoms with E-state index in [0.29, 0.717) is 26.1 Å². The van der Waals surface area contributed by atoms with E-state index in [0.717, 1.165) is 11.8 Å². The number of amides is 1. The van der Waals surface area contributed by atoms with Gasteiger partial charge in [-0.3, -0.25) is 0 Å². The lowest BCUT2D eigenvalue weighted by Crippen LogP contribution is -2.34. The van der Waals surface area contributed by atoms with Gasteiger partial charge in [-0.05, 0) is 45.9 Å². The van der Waals surface area contributed by atoms with E-state index in [9.17, 15) is 9.59 Å². The van der Waals surface area contributed by atoms with Crippen LogP contribution in [0.3, 0.4) is 0 Å². The van der Waals surface area contributed by atoms with Gasteiger partial charge in [0.05, 0.1) is 6.61 Å². The molecule has 0 rings (SSSR count). The average molecular weight is 291 g/mol. The largest absolute Gasteiger partial charge is 0.458 e. The number of thioether (sulfide) groups is 1. The average Bonchev–Trinajstić information content (AvgIpc) is 2.29. The molecular weight excluding hydrogens is 266 g/mol. The first-order valence-electron chi connectivity index (χ1n) is 6.73. The van der Waals surface area contributed by atoms with E-state index in [1.807, 2.05) is 27.7 Å². The van der Waals surface area contributed by atoms with Gasteiger partial charge >= 0.3 is 11.4 Å². The summed E-state index contributed by atoms with van der Waals surface area (Å²) in [6.45, 7) is 11.0. The second-order valence-corrected chi connectivity index (χ2v) is 5.59. The Morgan fingerprint density at radius 2 is 1.74 bits per heavy atom. The van der Waals surface area contributed by atoms with E-state index in [4.69, 9.17) is 9.47 Å². The van der Waals surface area contributed by atoms with Crippen molar-refractivity contribution in [1.82, 2.24) is 4.90 Å². The molecule has 0 aliphatic rings. The first-order valence-corrected chi connectivity index (χ1v) is 7.61. The summed E-state index contributed by atoms with van der Waals surface area (Å²) in [6, 6.07) is 0. The van der Waals surface area contributed by atoms with Gasteiger partial charge in [0.15, 0.2) is 0 Å². The van der Waals surface area contributed by atoms with E-state index >= 15 is 0 Å². The molecular formula is C13H25NO4S. The Bertz CT molecular complexity index is 282. The first kappa shape index (κ1) is 18.1. The summed E-state index contributed by atoms with van der Waals surface area (Å²) in [5.74, 6) is 0. The lowest BCUT2D eigenvalue weighted by atomic mass is 10.2. The highest BCUT2D eigenvalue weighted by molar-refractivity contribution is 8.13. The normalized spacial score (nSPS) is 13.5. The highest BCUT2D eigenvalue weighted by Crippen LogP contribution is 2.19. The lowest BCUT2D eigenvalue weighted by Gasteiger charge is -2.22. The van der Waals surface area contributed by atoms with Gasteiger partial charge in [-0.2, -0.15) is 0 Å². The molecule has 0 fully saturated rings. The molecule has 0 N–H and O–H groups in total. The molecule has 0 saturated carbocycles. The second kappa shape index (κ2) is 9.95. The van der Waals surface area contributed by atoms with Gasteiger partial charge in [-0.25, -0.2) is 9.59 Å². The summed E-state index contributed by atoms with van der Waals surface area (Å²) in [5.41, 5.74) is 0. The quantitative estimate of drug-likeness (QED) is 0.672. The van der Waals surface area contributed by atoms with Gasteiger partial charge < -0.3 is 14.4 Å². The van der Waals surface area contributed by atoms with Crippen LogP contribution in [0.15, 0.2) is 0 Å². The highest BCUT2D eigenvalue weighted by Gasteiger charge is 2.19. The second-order valence-electron chi connectivity index (χ2n) is 4.21. The van der Waals surface area contributed by atoms with Crippen molar-refractivity contribution in [2.24, 2.45) is 0 Å². The summed E-state index contributed by atoms with van der Waals surface area (Å²) in [4.78, 5) is 24.6. The molecule has 0 spiro atoms. The Balaban J connectivity index is 4.05. The number of ether oxygens (including phenoxy) is 2. The highest BCUT2D eigenvalue weighted by atomic mass is 32.2. The molecule has 1 amide bonds. The van der Waals surface area contributed by atoms with Gasteiger partial charge in [0.1, 0.15) is 6.10 Å². The molecule has 0 heterocycles. The molecule has 6 heteroatoms. The molecule has 0 bridgehead atoms. The van der Waals surface area contributed by atoms with Gasteiger partial charge in [-0.15, -0.1) is 0 Å². The molecule has 0 aliphatic heterocycles. The zero-order valence-corrected chi connectivity index (χ0v) is 13.3. The lowest BCUT2D eigenvalue weighted by molar-refractivity contribution is 0.0696. The van der Waals surface area contributed by atoms with E-state index in [2.05, 4.69) is 0 Å². The van der Waals surface area contributed by atoms with E-state index < -0.39 is 0 Å². The Kier molecular flexibility index (Phi) is 9.47. The molecule has 0 saturated heterocycles. The fourth-order valence-corrected chi connectivity index (χ4v) is 2.49. The molecule has 0 aromatic carbocycles. The standard InChI is InChI=1S/C13H25NO4S/c1-6-14(7-2)12(15)18-10(4)9-11(5)19-13(16)17-8-3/h10-11H,6-9H2,1-5H3. The van der Waals surface area contributed by atoms with Crippen molar-refractivity contribution in [3.05, 3.63) is 0 Å². The summed E-state index contributed by atoms with van der Waals surface area (Å²) in [7, 11) is 0. The molecule has 19 heavy (non-hydrogen) atoms. The van der Waals surface area contributed by atoms with Crippen molar-refractivity contribution < 1.29 is 19.1 Å². The minimum atomic E-state index is -0.300. The molecule has 0 aliphatic carbocycles. The van der Waals surface area contributed by atoms with Crippen molar-refractivity contribution in [3.8, 4) is 0 Å². The fraction of sp³-hybridized carbons (Fsp3) is 0.846. The molecule has 0 aromatic heterocycles. The van der Waals surface area contributed by atoms with Crippen molar-refractivity contribution in [3.63, 3.8) is 0 Å². The summed E-state index contributed by atoms with van der Waals surface area (Å²) >= 11 is 1.13. The van der Waals surface area contributed by atoms with Crippen LogP contribution in [-0.4, -0.2) is 47.3 Å². The maximum atomic E-state index is 11.7. The van der Waals surface area contributed by atoms with Crippen LogP contribution in [0, 0.1) is 0 Å². The van der Waals surface area contributed by atoms with Crippen molar-refractivity contribution in [2.75, 3.05) is 19.7 Å². The van der Waals surface area contributed by atoms with E-state index in [1.165, 1.54) is 0 Å². The predicted molar refractivity (Wildman–Crippen MR) is 77.6 cm³/mol. The number of rotatable bonds is 7. The van der Waals surface area contributed by atoms with Crippen molar-refractivity contribution >= 4 is 23.2 Å². The minimum absolute atomic E-state index is 0.0542. The van der Waals surface area contributed by atoms with Crippen LogP contribution in [-0.2, 0) is 9.47 Å². The van der Waals surface area contributed by atoms with Gasteiger partial charge in [0.2, 0.25) is 0 Å². The van der Waals surface area contributed by atoms with Crippen molar-refractivity contribution in [2.45, 2.75) is 52.4 Å². The molecule has 0 radical (unpaired) electrons. The molecule has 2 unspecified atom stereocenters. The third-order valence-electron chi connectivity index (χ3n) is 2.55. The van der Waals surface area contributed by atoms with Crippen LogP contribution in [0.1, 0.15) is 41.0 Å². The van der Waals surface area contributed by atoms with Gasteiger partial charge in [0.25, 0.3) is 0 Å².